The summed E-state index contributed by atoms with van der Waals surface area (Å²) in [5, 5.41) is 2.23. The first kappa shape index (κ1) is 54.3. The van der Waals surface area contributed by atoms with Crippen LogP contribution in [-0.4, -0.2) is 101 Å². The molecule has 3 aliphatic heterocycles. The predicted octanol–water partition coefficient (Wildman–Crippen LogP) is 10.7. The number of ketones is 1. The van der Waals surface area contributed by atoms with Crippen LogP contribution in [0.4, 0.5) is 0 Å². The zero-order chi connectivity index (χ0) is 51.2. The molecule has 11 atom stereocenters. The van der Waals surface area contributed by atoms with Crippen molar-refractivity contribution in [1.82, 2.24) is 0 Å². The first-order valence-corrected chi connectivity index (χ1v) is 28.2. The molecule has 0 amide bonds. The molecule has 0 spiro atoms. The molecule has 0 aliphatic carbocycles. The highest BCUT2D eigenvalue weighted by molar-refractivity contribution is 6.75. The Bertz CT molecular complexity index is 2490. The molecule has 3 aliphatic rings. The summed E-state index contributed by atoms with van der Waals surface area (Å²) in [5.41, 5.74) is 3.89. The van der Waals surface area contributed by atoms with Crippen LogP contribution in [0.25, 0.3) is 10.8 Å². The second-order valence-corrected chi connectivity index (χ2v) is 24.3. The molecule has 3 fully saturated rings. The summed E-state index contributed by atoms with van der Waals surface area (Å²) in [5.74, 6) is -0.766. The number of hydrogen-bond donors (Lipinski definition) is 0. The average Bonchev–Trinajstić information content (AvgIpc) is 3.41. The van der Waals surface area contributed by atoms with Gasteiger partial charge in [-0.25, -0.2) is 0 Å². The first-order chi connectivity index (χ1) is 35.6. The van der Waals surface area contributed by atoms with Crippen LogP contribution in [0.2, 0.25) is 17.6 Å². The van der Waals surface area contributed by atoms with Crippen molar-refractivity contribution in [3.63, 3.8) is 0 Å². The molecule has 0 radical (unpaired) electrons. The van der Waals surface area contributed by atoms with Crippen LogP contribution in [0.1, 0.15) is 76.0 Å². The van der Waals surface area contributed by atoms with E-state index in [1.807, 2.05) is 103 Å². The molecular weight excluding hydrogens is 945 g/mol. The van der Waals surface area contributed by atoms with Crippen molar-refractivity contribution in [3.8, 4) is 0 Å². The van der Waals surface area contributed by atoms with E-state index < -0.39 is 82.0 Å². The number of rotatable bonds is 25. The van der Waals surface area contributed by atoms with E-state index in [4.69, 9.17) is 51.8 Å². The highest BCUT2D eigenvalue weighted by atomic mass is 28.4. The summed E-state index contributed by atoms with van der Waals surface area (Å²) in [6.07, 6.45) is -8.58. The summed E-state index contributed by atoms with van der Waals surface area (Å²) in [6, 6.07) is 45.6. The number of esters is 1. The quantitative estimate of drug-likeness (QED) is 0.0312. The number of carbonyl (C=O) groups excluding carboxylic acids is 2. The van der Waals surface area contributed by atoms with Gasteiger partial charge in [0.05, 0.1) is 46.1 Å². The predicted molar refractivity (Wildman–Crippen MR) is 278 cm³/mol. The van der Waals surface area contributed by atoms with Gasteiger partial charge in [0, 0.05) is 12.0 Å². The van der Waals surface area contributed by atoms with Crippen molar-refractivity contribution in [2.24, 2.45) is 0 Å². The van der Waals surface area contributed by atoms with Crippen LogP contribution in [0.3, 0.4) is 0 Å². The molecular formula is C59H72O13Si. The molecule has 0 bridgehead atoms. The van der Waals surface area contributed by atoms with E-state index in [0.29, 0.717) is 0 Å². The second kappa shape index (κ2) is 26.5. The van der Waals surface area contributed by atoms with Gasteiger partial charge >= 0.3 is 5.97 Å². The summed E-state index contributed by atoms with van der Waals surface area (Å²) in [4.78, 5) is 25.9. The second-order valence-electron chi connectivity index (χ2n) is 19.4. The Labute approximate surface area is 431 Å². The lowest BCUT2D eigenvalue weighted by Crippen LogP contribution is -2.68. The minimum absolute atomic E-state index is 0.000286. The zero-order valence-electron chi connectivity index (χ0n) is 42.8. The number of carbonyl (C=O) groups is 2. The van der Waals surface area contributed by atoms with Gasteiger partial charge in [-0.05, 0) is 58.1 Å². The van der Waals surface area contributed by atoms with Gasteiger partial charge < -0.3 is 56.6 Å². The van der Waals surface area contributed by atoms with E-state index in [2.05, 4.69) is 64.6 Å². The van der Waals surface area contributed by atoms with Gasteiger partial charge in [0.1, 0.15) is 48.5 Å². The Morgan fingerprint density at radius 2 is 1.32 bits per heavy atom. The molecule has 390 valence electrons. The van der Waals surface area contributed by atoms with Crippen molar-refractivity contribution in [1.29, 1.82) is 0 Å². The Morgan fingerprint density at radius 3 is 1.99 bits per heavy atom. The molecule has 73 heavy (non-hydrogen) atoms. The highest BCUT2D eigenvalue weighted by Gasteiger charge is 2.58. The van der Waals surface area contributed by atoms with E-state index in [1.54, 1.807) is 6.08 Å². The first-order valence-electron chi connectivity index (χ1n) is 25.8. The van der Waals surface area contributed by atoms with Crippen LogP contribution >= 0.6 is 0 Å². The summed E-state index contributed by atoms with van der Waals surface area (Å²) in [6.45, 7) is 15.0. The van der Waals surface area contributed by atoms with Gasteiger partial charge in [-0.1, -0.05) is 161 Å². The lowest BCUT2D eigenvalue weighted by atomic mass is 9.95. The SMILES string of the molecule is C=CCO[C@H]1O[C@H](COCc2ccccc2)[C@@H](O[C@@H]2O[C@@H]3COC(c4ccccc4)O[C@H]3[C@H](OCc3ccc4ccccc4c3)[C@@H]2O[Si](CC)(CC)C(C)C)[C@H](OCc2ccccc2)[C@@H]1OC(=O)CCC(C)=O. The molecule has 0 N–H and O–H groups in total. The third-order valence-electron chi connectivity index (χ3n) is 14.1. The Morgan fingerprint density at radius 1 is 0.671 bits per heavy atom. The Balaban J connectivity index is 1.22. The van der Waals surface area contributed by atoms with Gasteiger partial charge in [-0.15, -0.1) is 6.58 Å². The number of hydrogen-bond acceptors (Lipinski definition) is 13. The summed E-state index contributed by atoms with van der Waals surface area (Å²) in [7, 11) is -2.61. The molecule has 3 saturated heterocycles. The highest BCUT2D eigenvalue weighted by Crippen LogP contribution is 2.43. The maximum Gasteiger partial charge on any atom is 0.306 e. The van der Waals surface area contributed by atoms with Gasteiger partial charge in [0.2, 0.25) is 0 Å². The fourth-order valence-corrected chi connectivity index (χ4v) is 13.5. The third-order valence-corrected chi connectivity index (χ3v) is 19.4. The summed E-state index contributed by atoms with van der Waals surface area (Å²) < 4.78 is 75.8. The molecule has 14 heteroatoms. The fraction of sp³-hybridized carbons (Fsp3) is 0.458. The lowest BCUT2D eigenvalue weighted by molar-refractivity contribution is -0.389. The minimum Gasteiger partial charge on any atom is -0.454 e. The molecule has 0 saturated carbocycles. The molecule has 3 heterocycles. The van der Waals surface area contributed by atoms with Gasteiger partial charge in [0.25, 0.3) is 0 Å². The topological polar surface area (TPSA) is 136 Å². The number of Topliss-reactive ketones (excluding diaryl/α,β-unsaturated/α-hetero) is 1. The van der Waals surface area contributed by atoms with Crippen LogP contribution in [-0.2, 0) is 81.2 Å². The van der Waals surface area contributed by atoms with Crippen molar-refractivity contribution in [3.05, 3.63) is 168 Å². The largest absolute Gasteiger partial charge is 0.454 e. The van der Waals surface area contributed by atoms with Gasteiger partial charge in [-0.3, -0.25) is 4.79 Å². The fourth-order valence-electron chi connectivity index (χ4n) is 9.98. The Hall–Kier alpha value is -4.94. The monoisotopic (exact) mass is 1020 g/mol. The lowest BCUT2D eigenvalue weighted by Gasteiger charge is -2.53. The molecule has 0 aromatic heterocycles. The smallest absolute Gasteiger partial charge is 0.306 e. The average molecular weight is 1020 g/mol. The van der Waals surface area contributed by atoms with Crippen LogP contribution in [0.15, 0.2) is 146 Å². The van der Waals surface area contributed by atoms with Crippen LogP contribution in [0, 0.1) is 0 Å². The normalized spacial score (nSPS) is 26.3. The van der Waals surface area contributed by atoms with Gasteiger partial charge in [0.15, 0.2) is 33.3 Å². The number of ether oxygens (including phenoxy) is 10. The van der Waals surface area contributed by atoms with E-state index >= 15 is 0 Å². The van der Waals surface area contributed by atoms with E-state index in [9.17, 15) is 9.59 Å². The minimum atomic E-state index is -2.61. The van der Waals surface area contributed by atoms with Crippen molar-refractivity contribution in [2.45, 2.75) is 153 Å². The third kappa shape index (κ3) is 14.1. The standard InChI is InChI=1S/C59H72O13Si/c1-7-33-63-58-55(69-50(61)32-29-41(6)60)53(64-36-43-23-15-11-16-24-43)51(48(67-58)38-62-35-42-21-13-10-14-22-42)71-59-56(72-73(8-2,9-3)40(4)5)54(65-37-44-30-31-45-25-19-20-28-47(45)34-44)52-49(68-59)39-66-57(70-52)46-26-17-12-18-27-46/h7,10-28,30-31,34,40,48-49,51-59H,1,8-9,29,32-33,35-39H2,2-6H3/t48-,49-,51-,52-,53+,54+,55+,56+,57?,58+,59+/m1/s1. The zero-order valence-corrected chi connectivity index (χ0v) is 43.8. The van der Waals surface area contributed by atoms with Crippen LogP contribution < -0.4 is 0 Å². The van der Waals surface area contributed by atoms with Crippen molar-refractivity contribution in [2.75, 3.05) is 19.8 Å². The molecule has 1 unspecified atom stereocenters. The van der Waals surface area contributed by atoms with Gasteiger partial charge in [-0.2, -0.15) is 0 Å². The molecule has 5 aromatic rings. The van der Waals surface area contributed by atoms with E-state index in [0.717, 1.165) is 45.1 Å². The molecule has 13 nitrogen and oxygen atoms in total. The van der Waals surface area contributed by atoms with E-state index in [-0.39, 0.29) is 63.8 Å². The maximum absolute atomic E-state index is 13.8. The summed E-state index contributed by atoms with van der Waals surface area (Å²) >= 11 is 0. The van der Waals surface area contributed by atoms with Crippen molar-refractivity contribution >= 4 is 30.8 Å². The number of benzene rings is 5. The van der Waals surface area contributed by atoms with Crippen molar-refractivity contribution < 1.29 is 61.4 Å². The van der Waals surface area contributed by atoms with Crippen LogP contribution in [0.5, 0.6) is 0 Å². The van der Waals surface area contributed by atoms with E-state index in [1.165, 1.54) is 6.92 Å². The Kier molecular flexibility index (Phi) is 19.7. The molecule has 8 rings (SSSR count). The maximum atomic E-state index is 13.8. The molecule has 5 aromatic carbocycles. The number of fused-ring (bicyclic) bond motifs is 2.